The number of amides is 1. The zero-order valence-corrected chi connectivity index (χ0v) is 14.1. The van der Waals surface area contributed by atoms with Crippen LogP contribution in [0.5, 0.6) is 5.75 Å². The third kappa shape index (κ3) is 6.45. The van der Waals surface area contributed by atoms with Crippen LogP contribution in [0.2, 0.25) is 5.02 Å². The van der Waals surface area contributed by atoms with Crippen LogP contribution < -0.4 is 10.1 Å². The van der Waals surface area contributed by atoms with Crippen LogP contribution in [0.4, 0.5) is 0 Å². The van der Waals surface area contributed by atoms with E-state index in [-0.39, 0.29) is 24.5 Å². The van der Waals surface area contributed by atoms with E-state index in [1.165, 1.54) is 7.11 Å². The summed E-state index contributed by atoms with van der Waals surface area (Å²) in [6.07, 6.45) is 1.18. The van der Waals surface area contributed by atoms with Crippen molar-refractivity contribution in [1.82, 2.24) is 10.2 Å². The van der Waals surface area contributed by atoms with Crippen LogP contribution in [0.3, 0.4) is 0 Å². The monoisotopic (exact) mass is 326 g/mol. The van der Waals surface area contributed by atoms with Gasteiger partial charge >= 0.3 is 0 Å². The average molecular weight is 327 g/mol. The van der Waals surface area contributed by atoms with E-state index >= 15 is 0 Å². The van der Waals surface area contributed by atoms with Crippen molar-refractivity contribution in [2.45, 2.75) is 19.3 Å². The first kappa shape index (κ1) is 18.5. The Kier molecular flexibility index (Phi) is 7.91. The number of benzene rings is 1. The van der Waals surface area contributed by atoms with E-state index in [1.807, 2.05) is 14.1 Å². The number of nitrogens with one attached hydrogen (secondary N) is 1. The summed E-state index contributed by atoms with van der Waals surface area (Å²) in [7, 11) is 5.47. The second kappa shape index (κ2) is 9.43. The molecule has 0 unspecified atom stereocenters. The van der Waals surface area contributed by atoms with Crippen molar-refractivity contribution < 1.29 is 14.3 Å². The van der Waals surface area contributed by atoms with E-state index in [0.717, 1.165) is 13.0 Å². The van der Waals surface area contributed by atoms with Gasteiger partial charge < -0.3 is 15.0 Å². The zero-order chi connectivity index (χ0) is 16.5. The van der Waals surface area contributed by atoms with Crippen molar-refractivity contribution in [3.8, 4) is 5.75 Å². The van der Waals surface area contributed by atoms with Gasteiger partial charge in [-0.25, -0.2) is 0 Å². The molecule has 0 aliphatic rings. The Hall–Kier alpha value is -1.59. The number of hydrogen-bond donors (Lipinski definition) is 1. The van der Waals surface area contributed by atoms with Gasteiger partial charge in [-0.3, -0.25) is 9.59 Å². The highest BCUT2D eigenvalue weighted by Crippen LogP contribution is 2.24. The molecule has 22 heavy (non-hydrogen) atoms. The Morgan fingerprint density at radius 1 is 1.27 bits per heavy atom. The zero-order valence-electron chi connectivity index (χ0n) is 13.3. The van der Waals surface area contributed by atoms with Crippen molar-refractivity contribution >= 4 is 23.3 Å². The second-order valence-electron chi connectivity index (χ2n) is 5.27. The molecule has 1 rings (SSSR count). The maximum atomic E-state index is 12.2. The Labute approximate surface area is 136 Å². The molecule has 0 bridgehead atoms. The van der Waals surface area contributed by atoms with E-state index in [1.54, 1.807) is 18.2 Å². The second-order valence-corrected chi connectivity index (χ2v) is 5.71. The standard InChI is InChI=1S/C16H23ClN2O3/c1-19(2)10-4-9-18-16(21)8-6-14(20)13-11-12(17)5-7-15(13)22-3/h5,7,11H,4,6,8-10H2,1-3H3,(H,18,21). The van der Waals surface area contributed by atoms with Crippen LogP contribution in [0.25, 0.3) is 0 Å². The predicted octanol–water partition coefficient (Wildman–Crippen LogP) is 2.38. The molecule has 5 nitrogen and oxygen atoms in total. The minimum Gasteiger partial charge on any atom is -0.496 e. The summed E-state index contributed by atoms with van der Waals surface area (Å²) in [6.45, 7) is 1.53. The molecule has 0 atom stereocenters. The highest BCUT2D eigenvalue weighted by atomic mass is 35.5. The third-order valence-electron chi connectivity index (χ3n) is 3.15. The van der Waals surface area contributed by atoms with Crippen molar-refractivity contribution in [1.29, 1.82) is 0 Å². The van der Waals surface area contributed by atoms with Gasteiger partial charge in [-0.2, -0.15) is 0 Å². The first-order valence-electron chi connectivity index (χ1n) is 7.22. The third-order valence-corrected chi connectivity index (χ3v) is 3.38. The van der Waals surface area contributed by atoms with Gasteiger partial charge in [0.05, 0.1) is 12.7 Å². The summed E-state index contributed by atoms with van der Waals surface area (Å²) < 4.78 is 5.15. The van der Waals surface area contributed by atoms with E-state index in [9.17, 15) is 9.59 Å². The number of nitrogens with zero attached hydrogens (tertiary/aromatic N) is 1. The molecule has 1 aromatic rings. The van der Waals surface area contributed by atoms with Crippen molar-refractivity contribution in [2.75, 3.05) is 34.3 Å². The summed E-state index contributed by atoms with van der Waals surface area (Å²) in [5, 5.41) is 3.28. The number of carbonyl (C=O) groups excluding carboxylic acids is 2. The van der Waals surface area contributed by atoms with Crippen LogP contribution in [0.1, 0.15) is 29.6 Å². The summed E-state index contributed by atoms with van der Waals surface area (Å²) in [6, 6.07) is 4.88. The fourth-order valence-electron chi connectivity index (χ4n) is 1.97. The summed E-state index contributed by atoms with van der Waals surface area (Å²) in [5.74, 6) is 0.205. The molecule has 0 fully saturated rings. The summed E-state index contributed by atoms with van der Waals surface area (Å²) in [5.41, 5.74) is 0.412. The van der Waals surface area contributed by atoms with E-state index in [0.29, 0.717) is 22.9 Å². The summed E-state index contributed by atoms with van der Waals surface area (Å²) in [4.78, 5) is 25.9. The van der Waals surface area contributed by atoms with Gasteiger partial charge in [0.2, 0.25) is 5.91 Å². The van der Waals surface area contributed by atoms with Gasteiger partial charge in [0.1, 0.15) is 5.75 Å². The SMILES string of the molecule is COc1ccc(Cl)cc1C(=O)CCC(=O)NCCCN(C)C. The molecule has 1 N–H and O–H groups in total. The molecule has 6 heteroatoms. The largest absolute Gasteiger partial charge is 0.496 e. The quantitative estimate of drug-likeness (QED) is 0.559. The number of hydrogen-bond acceptors (Lipinski definition) is 4. The van der Waals surface area contributed by atoms with Gasteiger partial charge in [-0.05, 0) is 45.3 Å². The van der Waals surface area contributed by atoms with E-state index in [4.69, 9.17) is 16.3 Å². The predicted molar refractivity (Wildman–Crippen MR) is 87.7 cm³/mol. The Morgan fingerprint density at radius 3 is 2.64 bits per heavy atom. The number of Topliss-reactive ketones (excluding diaryl/α,β-unsaturated/α-hetero) is 1. The van der Waals surface area contributed by atoms with Crippen LogP contribution in [0, 0.1) is 0 Å². The number of rotatable bonds is 9. The minimum absolute atomic E-state index is 0.117. The molecule has 0 aromatic heterocycles. The highest BCUT2D eigenvalue weighted by molar-refractivity contribution is 6.31. The lowest BCUT2D eigenvalue weighted by molar-refractivity contribution is -0.121. The molecular weight excluding hydrogens is 304 g/mol. The Balaban J connectivity index is 2.42. The average Bonchev–Trinajstić information content (AvgIpc) is 2.49. The highest BCUT2D eigenvalue weighted by Gasteiger charge is 2.14. The molecule has 0 saturated heterocycles. The fraction of sp³-hybridized carbons (Fsp3) is 0.500. The lowest BCUT2D eigenvalue weighted by atomic mass is 10.1. The van der Waals surface area contributed by atoms with Gasteiger partial charge in [0.25, 0.3) is 0 Å². The molecular formula is C16H23ClN2O3. The van der Waals surface area contributed by atoms with Crippen LogP contribution >= 0.6 is 11.6 Å². The fourth-order valence-corrected chi connectivity index (χ4v) is 2.14. The number of carbonyl (C=O) groups is 2. The molecule has 0 aliphatic carbocycles. The smallest absolute Gasteiger partial charge is 0.220 e. The van der Waals surface area contributed by atoms with Gasteiger partial charge in [-0.1, -0.05) is 11.6 Å². The van der Waals surface area contributed by atoms with E-state index < -0.39 is 0 Å². The molecule has 0 radical (unpaired) electrons. The molecule has 0 spiro atoms. The normalized spacial score (nSPS) is 10.6. The maximum Gasteiger partial charge on any atom is 0.220 e. The van der Waals surface area contributed by atoms with Gasteiger partial charge in [-0.15, -0.1) is 0 Å². The van der Waals surface area contributed by atoms with Gasteiger partial charge in [0.15, 0.2) is 5.78 Å². The lowest BCUT2D eigenvalue weighted by Crippen LogP contribution is -2.27. The van der Waals surface area contributed by atoms with Gasteiger partial charge in [0, 0.05) is 24.4 Å². The molecule has 0 aliphatic heterocycles. The van der Waals surface area contributed by atoms with Crippen LogP contribution in [0.15, 0.2) is 18.2 Å². The first-order valence-corrected chi connectivity index (χ1v) is 7.60. The molecule has 1 aromatic carbocycles. The van der Waals surface area contributed by atoms with Crippen molar-refractivity contribution in [2.24, 2.45) is 0 Å². The van der Waals surface area contributed by atoms with E-state index in [2.05, 4.69) is 10.2 Å². The van der Waals surface area contributed by atoms with Crippen molar-refractivity contribution in [3.63, 3.8) is 0 Å². The number of halogens is 1. The van der Waals surface area contributed by atoms with Crippen LogP contribution in [-0.2, 0) is 4.79 Å². The minimum atomic E-state index is -0.150. The van der Waals surface area contributed by atoms with Crippen LogP contribution in [-0.4, -0.2) is 50.9 Å². The molecule has 122 valence electrons. The number of ether oxygens (including phenoxy) is 1. The Bertz CT molecular complexity index is 518. The molecule has 1 amide bonds. The number of methoxy groups -OCH3 is 1. The lowest BCUT2D eigenvalue weighted by Gasteiger charge is -2.10. The summed E-state index contributed by atoms with van der Waals surface area (Å²) >= 11 is 5.90. The molecule has 0 saturated carbocycles. The molecule has 0 heterocycles. The number of ketones is 1. The topological polar surface area (TPSA) is 58.6 Å². The first-order chi connectivity index (χ1) is 10.4. The van der Waals surface area contributed by atoms with Crippen molar-refractivity contribution in [3.05, 3.63) is 28.8 Å². The Morgan fingerprint density at radius 2 is 2.00 bits per heavy atom. The maximum absolute atomic E-state index is 12.2.